The van der Waals surface area contributed by atoms with E-state index in [-0.39, 0.29) is 17.1 Å². The fraction of sp³-hybridized carbons (Fsp3) is 0.480. The highest BCUT2D eigenvalue weighted by Crippen LogP contribution is 2.43. The van der Waals surface area contributed by atoms with Gasteiger partial charge in [0.15, 0.2) is 11.6 Å². The molecule has 0 unspecified atom stereocenters. The molecule has 36 heavy (non-hydrogen) atoms. The summed E-state index contributed by atoms with van der Waals surface area (Å²) in [6.07, 6.45) is 3.67. The third-order valence-corrected chi connectivity index (χ3v) is 8.18. The summed E-state index contributed by atoms with van der Waals surface area (Å²) in [6, 6.07) is 5.27. The predicted molar refractivity (Wildman–Crippen MR) is 145 cm³/mol. The predicted octanol–water partition coefficient (Wildman–Crippen LogP) is 4.06. The number of benzene rings is 1. The molecule has 1 saturated heterocycles. The van der Waals surface area contributed by atoms with Gasteiger partial charge in [0.05, 0.1) is 27.5 Å². The first-order valence-electron chi connectivity index (χ1n) is 12.3. The van der Waals surface area contributed by atoms with Crippen LogP contribution in [0.15, 0.2) is 34.8 Å². The van der Waals surface area contributed by atoms with Gasteiger partial charge in [0.25, 0.3) is 5.56 Å². The Morgan fingerprint density at radius 1 is 1.11 bits per heavy atom. The molecule has 9 nitrogen and oxygen atoms in total. The molecule has 2 aliphatic rings. The summed E-state index contributed by atoms with van der Waals surface area (Å²) in [5.74, 6) is 1.71. The smallest absolute Gasteiger partial charge is 0.281 e. The zero-order chi connectivity index (χ0) is 25.0. The molecule has 1 saturated carbocycles. The van der Waals surface area contributed by atoms with E-state index in [1.165, 1.54) is 11.3 Å². The lowest BCUT2D eigenvalue weighted by Gasteiger charge is -2.43. The topological polar surface area (TPSA) is 92.1 Å². The van der Waals surface area contributed by atoms with Gasteiger partial charge in [0, 0.05) is 31.7 Å². The van der Waals surface area contributed by atoms with Crippen molar-refractivity contribution in [2.24, 2.45) is 5.92 Å². The van der Waals surface area contributed by atoms with Gasteiger partial charge in [-0.3, -0.25) is 9.69 Å². The van der Waals surface area contributed by atoms with Gasteiger partial charge in [-0.15, -0.1) is 11.3 Å². The number of nitrogens with one attached hydrogen (secondary N) is 1. The van der Waals surface area contributed by atoms with Gasteiger partial charge in [-0.25, -0.2) is 24.6 Å². The first-order chi connectivity index (χ1) is 17.3. The van der Waals surface area contributed by atoms with E-state index in [0.717, 1.165) is 49.4 Å². The number of rotatable bonds is 5. The summed E-state index contributed by atoms with van der Waals surface area (Å²) in [6.45, 7) is 9.86. The van der Waals surface area contributed by atoms with Crippen LogP contribution in [0, 0.1) is 5.92 Å². The van der Waals surface area contributed by atoms with Crippen LogP contribution in [-0.2, 0) is 0 Å². The zero-order valence-electron chi connectivity index (χ0n) is 20.6. The lowest BCUT2D eigenvalue weighted by molar-refractivity contribution is 0.119. The SMILES string of the molecule is CC(C)(C)N1CCN(n2c([C@@H](Nc3ncnc4scnc34)C3CC3)nc3cccc(Cl)c3c2=O)CC1. The zero-order valence-corrected chi connectivity index (χ0v) is 22.2. The summed E-state index contributed by atoms with van der Waals surface area (Å²) in [7, 11) is 0. The van der Waals surface area contributed by atoms with Crippen LogP contribution in [0.1, 0.15) is 45.5 Å². The largest absolute Gasteiger partial charge is 0.358 e. The summed E-state index contributed by atoms with van der Waals surface area (Å²) in [4.78, 5) is 35.7. The molecule has 2 fully saturated rings. The molecule has 6 rings (SSSR count). The molecule has 1 aliphatic heterocycles. The number of thiazole rings is 1. The van der Waals surface area contributed by atoms with Gasteiger partial charge in [0.2, 0.25) is 0 Å². The summed E-state index contributed by atoms with van der Waals surface area (Å²) < 4.78 is 1.78. The lowest BCUT2D eigenvalue weighted by atomic mass is 10.1. The van der Waals surface area contributed by atoms with Gasteiger partial charge >= 0.3 is 0 Å². The molecule has 0 amide bonds. The van der Waals surface area contributed by atoms with Crippen LogP contribution in [0.2, 0.25) is 5.02 Å². The average Bonchev–Trinajstić information content (AvgIpc) is 3.57. The van der Waals surface area contributed by atoms with Crippen LogP contribution in [0.4, 0.5) is 5.82 Å². The maximum Gasteiger partial charge on any atom is 0.281 e. The van der Waals surface area contributed by atoms with Crippen molar-refractivity contribution in [1.29, 1.82) is 0 Å². The van der Waals surface area contributed by atoms with Gasteiger partial charge < -0.3 is 10.3 Å². The molecule has 3 aromatic heterocycles. The highest BCUT2D eigenvalue weighted by molar-refractivity contribution is 7.16. The Labute approximate surface area is 218 Å². The van der Waals surface area contributed by atoms with Gasteiger partial charge in [-0.05, 0) is 51.7 Å². The van der Waals surface area contributed by atoms with Gasteiger partial charge in [-0.1, -0.05) is 17.7 Å². The molecule has 1 aliphatic carbocycles. The minimum Gasteiger partial charge on any atom is -0.358 e. The third kappa shape index (κ3) is 4.21. The molecule has 4 heterocycles. The highest BCUT2D eigenvalue weighted by atomic mass is 35.5. The average molecular weight is 525 g/mol. The van der Waals surface area contributed by atoms with Crippen LogP contribution < -0.4 is 15.9 Å². The van der Waals surface area contributed by atoms with Crippen molar-refractivity contribution in [2.75, 3.05) is 36.5 Å². The van der Waals surface area contributed by atoms with E-state index in [9.17, 15) is 4.79 Å². The quantitative estimate of drug-likeness (QED) is 0.418. The number of aromatic nitrogens is 5. The van der Waals surface area contributed by atoms with E-state index >= 15 is 0 Å². The Morgan fingerprint density at radius 3 is 2.61 bits per heavy atom. The Morgan fingerprint density at radius 2 is 1.89 bits per heavy atom. The normalized spacial score (nSPS) is 18.2. The van der Waals surface area contributed by atoms with Crippen LogP contribution in [0.25, 0.3) is 21.3 Å². The fourth-order valence-electron chi connectivity index (χ4n) is 5.01. The Bertz CT molecular complexity index is 1480. The van der Waals surface area contributed by atoms with E-state index in [1.807, 2.05) is 12.1 Å². The van der Waals surface area contributed by atoms with Crippen molar-refractivity contribution < 1.29 is 0 Å². The third-order valence-electron chi connectivity index (χ3n) is 7.14. The molecule has 4 aromatic rings. The number of hydrogen-bond donors (Lipinski definition) is 1. The molecular formula is C25H29ClN8OS. The lowest BCUT2D eigenvalue weighted by Crippen LogP contribution is -2.59. The molecule has 188 valence electrons. The van der Waals surface area contributed by atoms with Crippen molar-refractivity contribution in [3.63, 3.8) is 0 Å². The first-order valence-corrected chi connectivity index (χ1v) is 13.6. The molecule has 11 heteroatoms. The molecule has 1 atom stereocenters. The molecular weight excluding hydrogens is 496 g/mol. The van der Waals surface area contributed by atoms with Crippen molar-refractivity contribution in [1.82, 2.24) is 29.5 Å². The molecule has 0 spiro atoms. The summed E-state index contributed by atoms with van der Waals surface area (Å²) >= 11 is 8.01. The molecule has 1 aromatic carbocycles. The maximum absolute atomic E-state index is 14.0. The minimum absolute atomic E-state index is 0.0782. The summed E-state index contributed by atoms with van der Waals surface area (Å²) in [5.41, 5.74) is 3.08. The number of halogens is 1. The second-order valence-electron chi connectivity index (χ2n) is 10.5. The van der Waals surface area contributed by atoms with E-state index < -0.39 is 0 Å². The van der Waals surface area contributed by atoms with Crippen molar-refractivity contribution >= 4 is 50.0 Å². The number of fused-ring (bicyclic) bond motifs is 2. The monoisotopic (exact) mass is 524 g/mol. The van der Waals surface area contributed by atoms with Crippen molar-refractivity contribution in [3.8, 4) is 0 Å². The second kappa shape index (κ2) is 8.93. The number of piperazine rings is 1. The second-order valence-corrected chi connectivity index (χ2v) is 11.8. The summed E-state index contributed by atoms with van der Waals surface area (Å²) in [5, 5.41) is 6.62. The standard InChI is InChI=1S/C25H29ClN8OS/c1-25(2,3)32-9-11-33(12-10-32)34-22(30-17-6-4-5-16(26)18(17)24(34)35)19(15-7-8-15)31-21-20-23(28-13-27-21)36-14-29-20/h4-6,13-15,19H,7-12H2,1-3H3,(H,27,28,31)/t19-/m0/s1. The molecule has 0 bridgehead atoms. The number of hydrogen-bond acceptors (Lipinski definition) is 9. The first kappa shape index (κ1) is 23.6. The molecule has 1 N–H and O–H groups in total. The van der Waals surface area contributed by atoms with E-state index in [2.05, 4.69) is 50.9 Å². The number of anilines is 1. The van der Waals surface area contributed by atoms with E-state index in [0.29, 0.717) is 33.5 Å². The Hall–Kier alpha value is -2.82. The van der Waals surface area contributed by atoms with E-state index in [4.69, 9.17) is 16.6 Å². The van der Waals surface area contributed by atoms with Crippen LogP contribution in [-0.4, -0.2) is 61.2 Å². The van der Waals surface area contributed by atoms with Crippen LogP contribution in [0.5, 0.6) is 0 Å². The Kier molecular flexibility index (Phi) is 5.85. The van der Waals surface area contributed by atoms with Crippen molar-refractivity contribution in [2.45, 2.75) is 45.2 Å². The fourth-order valence-corrected chi connectivity index (χ4v) is 5.89. The van der Waals surface area contributed by atoms with E-state index in [1.54, 1.807) is 22.6 Å². The van der Waals surface area contributed by atoms with Gasteiger partial charge in [0.1, 0.15) is 16.7 Å². The molecule has 0 radical (unpaired) electrons. The highest BCUT2D eigenvalue weighted by Gasteiger charge is 2.38. The number of nitrogens with zero attached hydrogens (tertiary/aromatic N) is 7. The van der Waals surface area contributed by atoms with Gasteiger partial charge in [-0.2, -0.15) is 0 Å². The Balaban J connectivity index is 1.47. The maximum atomic E-state index is 14.0. The minimum atomic E-state index is -0.193. The van der Waals surface area contributed by atoms with Crippen molar-refractivity contribution in [3.05, 3.63) is 51.2 Å². The van der Waals surface area contributed by atoms with Crippen LogP contribution >= 0.6 is 22.9 Å². The van der Waals surface area contributed by atoms with Crippen LogP contribution in [0.3, 0.4) is 0 Å².